The molecule has 76 valence electrons. The molecule has 14 heavy (non-hydrogen) atoms. The van der Waals surface area contributed by atoms with Crippen molar-refractivity contribution < 1.29 is 5.11 Å². The second-order valence-electron chi connectivity index (χ2n) is 4.71. The van der Waals surface area contributed by atoms with E-state index in [0.29, 0.717) is 5.75 Å². The molecule has 0 heterocycles. The summed E-state index contributed by atoms with van der Waals surface area (Å²) in [5.41, 5.74) is 1.16. The lowest BCUT2D eigenvalue weighted by molar-refractivity contribution is 0.473. The van der Waals surface area contributed by atoms with Gasteiger partial charge in [-0.2, -0.15) is 0 Å². The van der Waals surface area contributed by atoms with Crippen molar-refractivity contribution in [1.82, 2.24) is 0 Å². The lowest BCUT2D eigenvalue weighted by Crippen LogP contribution is -2.01. The fraction of sp³-hybridized carbons (Fsp3) is 0.333. The topological polar surface area (TPSA) is 20.2 Å². The Morgan fingerprint density at radius 2 is 1.86 bits per heavy atom. The van der Waals surface area contributed by atoms with Crippen molar-refractivity contribution >= 4 is 15.4 Å². The summed E-state index contributed by atoms with van der Waals surface area (Å²) in [5.74, 6) is 0.387. The molecular formula is C12H18OSi. The van der Waals surface area contributed by atoms with E-state index in [1.54, 1.807) is 6.07 Å². The maximum atomic E-state index is 9.66. The van der Waals surface area contributed by atoms with Crippen LogP contribution in [0.25, 0.3) is 5.20 Å². The van der Waals surface area contributed by atoms with Gasteiger partial charge in [-0.25, -0.2) is 0 Å². The summed E-state index contributed by atoms with van der Waals surface area (Å²) in [7, 11) is 0.957. The van der Waals surface area contributed by atoms with Crippen LogP contribution in [0.2, 0.25) is 0 Å². The Morgan fingerprint density at radius 1 is 1.29 bits per heavy atom. The Morgan fingerprint density at radius 3 is 2.36 bits per heavy atom. The standard InChI is InChI=1S/C12H18OSi/c1-12(2,3)8-11(14)9-6-4-5-7-10(9)13/h4-8,13H,1-3,14H3. The van der Waals surface area contributed by atoms with Gasteiger partial charge in [0.05, 0.1) is 0 Å². The Bertz CT molecular complexity index is 348. The highest BCUT2D eigenvalue weighted by Crippen LogP contribution is 2.26. The van der Waals surface area contributed by atoms with E-state index in [2.05, 4.69) is 26.8 Å². The van der Waals surface area contributed by atoms with Crippen LogP contribution in [0.1, 0.15) is 26.3 Å². The number of phenolic OH excluding ortho intramolecular Hbond substituents is 1. The first kappa shape index (κ1) is 11.1. The summed E-state index contributed by atoms with van der Waals surface area (Å²) in [5, 5.41) is 10.9. The summed E-state index contributed by atoms with van der Waals surface area (Å²) in [6.07, 6.45) is 2.23. The number of rotatable bonds is 1. The first-order valence-corrected chi connectivity index (χ1v) is 5.88. The van der Waals surface area contributed by atoms with Crippen molar-refractivity contribution in [2.24, 2.45) is 5.41 Å². The maximum absolute atomic E-state index is 9.66. The minimum absolute atomic E-state index is 0.180. The second-order valence-corrected chi connectivity index (χ2v) is 5.79. The van der Waals surface area contributed by atoms with Gasteiger partial charge < -0.3 is 5.11 Å². The van der Waals surface area contributed by atoms with Gasteiger partial charge in [0.15, 0.2) is 0 Å². The summed E-state index contributed by atoms with van der Waals surface area (Å²) in [4.78, 5) is 0. The molecule has 0 bridgehead atoms. The van der Waals surface area contributed by atoms with E-state index >= 15 is 0 Å². The third kappa shape index (κ3) is 3.03. The van der Waals surface area contributed by atoms with Crippen molar-refractivity contribution in [1.29, 1.82) is 0 Å². The molecule has 1 aromatic carbocycles. The summed E-state index contributed by atoms with van der Waals surface area (Å²) in [6, 6.07) is 7.53. The van der Waals surface area contributed by atoms with Crippen LogP contribution in [0, 0.1) is 5.41 Å². The van der Waals surface area contributed by atoms with Crippen molar-refractivity contribution in [3.63, 3.8) is 0 Å². The van der Waals surface area contributed by atoms with E-state index in [4.69, 9.17) is 0 Å². The quantitative estimate of drug-likeness (QED) is 0.698. The molecule has 0 aromatic heterocycles. The molecule has 1 aromatic rings. The van der Waals surface area contributed by atoms with Crippen LogP contribution in [0.5, 0.6) is 5.75 Å². The van der Waals surface area contributed by atoms with Gasteiger partial charge in [-0.15, -0.1) is 0 Å². The molecule has 0 amide bonds. The van der Waals surface area contributed by atoms with Gasteiger partial charge in [-0.3, -0.25) is 0 Å². The number of allylic oxidation sites excluding steroid dienone is 1. The molecule has 0 saturated carbocycles. The normalized spacial score (nSPS) is 13.2. The monoisotopic (exact) mass is 206 g/mol. The molecule has 0 saturated heterocycles. The van der Waals surface area contributed by atoms with Crippen molar-refractivity contribution in [3.8, 4) is 5.75 Å². The zero-order valence-corrected chi connectivity index (χ0v) is 11.3. The number of phenols is 1. The molecule has 0 atom stereocenters. The van der Waals surface area contributed by atoms with E-state index in [0.717, 1.165) is 15.8 Å². The van der Waals surface area contributed by atoms with Crippen molar-refractivity contribution in [2.45, 2.75) is 20.8 Å². The molecule has 0 radical (unpaired) electrons. The average molecular weight is 206 g/mol. The minimum atomic E-state index is 0.180. The molecule has 2 heteroatoms. The Labute approximate surface area is 88.9 Å². The van der Waals surface area contributed by atoms with Gasteiger partial charge in [-0.1, -0.05) is 50.2 Å². The molecule has 0 aliphatic heterocycles. The van der Waals surface area contributed by atoms with Gasteiger partial charge in [0, 0.05) is 15.8 Å². The van der Waals surface area contributed by atoms with E-state index in [1.165, 1.54) is 5.20 Å². The Balaban J connectivity index is 3.07. The van der Waals surface area contributed by atoms with Crippen LogP contribution >= 0.6 is 0 Å². The highest BCUT2D eigenvalue weighted by atomic mass is 28.1. The minimum Gasteiger partial charge on any atom is -0.507 e. The molecule has 1 nitrogen and oxygen atoms in total. The molecule has 0 unspecified atom stereocenters. The van der Waals surface area contributed by atoms with Crippen LogP contribution in [0.4, 0.5) is 0 Å². The lowest BCUT2D eigenvalue weighted by Gasteiger charge is -2.15. The second kappa shape index (κ2) is 4.01. The SMILES string of the molecule is CC(C)(C)C=C([SiH3])c1ccccc1O. The third-order valence-electron chi connectivity index (χ3n) is 1.98. The number of benzene rings is 1. The van der Waals surface area contributed by atoms with Gasteiger partial charge in [0.25, 0.3) is 0 Å². The fourth-order valence-corrected chi connectivity index (χ4v) is 2.82. The molecule has 0 aliphatic rings. The molecule has 1 N–H and O–H groups in total. The lowest BCUT2D eigenvalue weighted by atomic mass is 9.95. The van der Waals surface area contributed by atoms with Crippen LogP contribution in [-0.4, -0.2) is 15.3 Å². The maximum Gasteiger partial charge on any atom is 0.122 e. The molecule has 0 fully saturated rings. The first-order chi connectivity index (χ1) is 6.40. The number of aromatic hydroxyl groups is 1. The predicted octanol–water partition coefficient (Wildman–Crippen LogP) is 2.14. The molecule has 0 aliphatic carbocycles. The molecule has 0 spiro atoms. The van der Waals surface area contributed by atoms with E-state index < -0.39 is 0 Å². The van der Waals surface area contributed by atoms with Crippen LogP contribution in [0.3, 0.4) is 0 Å². The summed E-state index contributed by atoms with van der Waals surface area (Å²) in [6.45, 7) is 6.51. The van der Waals surface area contributed by atoms with Crippen LogP contribution in [0.15, 0.2) is 30.3 Å². The molecular weight excluding hydrogens is 188 g/mol. The van der Waals surface area contributed by atoms with Crippen molar-refractivity contribution in [3.05, 3.63) is 35.9 Å². The Hall–Kier alpha value is -1.02. The highest BCUT2D eigenvalue weighted by molar-refractivity contribution is 6.42. The largest absolute Gasteiger partial charge is 0.507 e. The predicted molar refractivity (Wildman–Crippen MR) is 65.5 cm³/mol. The van der Waals surface area contributed by atoms with Gasteiger partial charge in [0.1, 0.15) is 5.75 Å². The van der Waals surface area contributed by atoms with E-state index in [1.807, 2.05) is 18.2 Å². The number of para-hydroxylation sites is 1. The zero-order valence-electron chi connectivity index (χ0n) is 9.33. The highest BCUT2D eigenvalue weighted by Gasteiger charge is 2.08. The summed E-state index contributed by atoms with van der Waals surface area (Å²) >= 11 is 0. The number of hydrogen-bond donors (Lipinski definition) is 1. The fourth-order valence-electron chi connectivity index (χ4n) is 1.53. The number of hydrogen-bond acceptors (Lipinski definition) is 1. The van der Waals surface area contributed by atoms with E-state index in [-0.39, 0.29) is 5.41 Å². The zero-order chi connectivity index (χ0) is 10.8. The van der Waals surface area contributed by atoms with Crippen LogP contribution < -0.4 is 0 Å². The van der Waals surface area contributed by atoms with Gasteiger partial charge >= 0.3 is 0 Å². The van der Waals surface area contributed by atoms with Gasteiger partial charge in [0.2, 0.25) is 0 Å². The third-order valence-corrected chi connectivity index (χ3v) is 2.81. The average Bonchev–Trinajstić information content (AvgIpc) is 2.01. The molecule has 1 rings (SSSR count). The van der Waals surface area contributed by atoms with Crippen LogP contribution in [-0.2, 0) is 0 Å². The summed E-state index contributed by atoms with van der Waals surface area (Å²) < 4.78 is 0. The Kier molecular flexibility index (Phi) is 3.16. The smallest absolute Gasteiger partial charge is 0.122 e. The van der Waals surface area contributed by atoms with E-state index in [9.17, 15) is 5.11 Å². The van der Waals surface area contributed by atoms with Crippen molar-refractivity contribution in [2.75, 3.05) is 0 Å². The van der Waals surface area contributed by atoms with Gasteiger partial charge in [-0.05, 0) is 11.5 Å². The first-order valence-electron chi connectivity index (χ1n) is 4.88.